The van der Waals surface area contributed by atoms with Gasteiger partial charge < -0.3 is 13.9 Å². The molecule has 0 aliphatic carbocycles. The van der Waals surface area contributed by atoms with Gasteiger partial charge in [-0.05, 0) is 82.4 Å². The van der Waals surface area contributed by atoms with Crippen molar-refractivity contribution in [2.75, 3.05) is 4.90 Å². The van der Waals surface area contributed by atoms with E-state index in [1.54, 1.807) is 0 Å². The van der Waals surface area contributed by atoms with Gasteiger partial charge in [0.2, 0.25) is 0 Å². The molecule has 296 valence electrons. The number of rotatable bonds is 8. The van der Waals surface area contributed by atoms with E-state index < -0.39 is 0 Å². The molecule has 0 saturated carbocycles. The van der Waals surface area contributed by atoms with E-state index in [4.69, 9.17) is 4.42 Å². The van der Waals surface area contributed by atoms with Crippen molar-refractivity contribution in [3.63, 3.8) is 0 Å². The molecule has 0 fully saturated rings. The number of fused-ring (bicyclic) bond motifs is 6. The van der Waals surface area contributed by atoms with Gasteiger partial charge in [0, 0.05) is 49.6 Å². The lowest BCUT2D eigenvalue weighted by atomic mass is 9.97. The molecule has 3 heteroatoms. The van der Waals surface area contributed by atoms with Crippen molar-refractivity contribution in [1.82, 2.24) is 4.57 Å². The van der Waals surface area contributed by atoms with Crippen LogP contribution in [0.15, 0.2) is 247 Å². The molecule has 0 aliphatic heterocycles. The molecule has 0 spiro atoms. The van der Waals surface area contributed by atoms with Gasteiger partial charge in [-0.3, -0.25) is 0 Å². The summed E-state index contributed by atoms with van der Waals surface area (Å²) >= 11 is 0. The van der Waals surface area contributed by atoms with E-state index in [0.29, 0.717) is 0 Å². The lowest BCUT2D eigenvalue weighted by Gasteiger charge is -2.29. The summed E-state index contributed by atoms with van der Waals surface area (Å²) in [5, 5.41) is 4.77. The summed E-state index contributed by atoms with van der Waals surface area (Å²) < 4.78 is 8.81. The van der Waals surface area contributed by atoms with Gasteiger partial charge in [-0.1, -0.05) is 188 Å². The molecule has 12 rings (SSSR count). The van der Waals surface area contributed by atoms with Crippen molar-refractivity contribution in [1.29, 1.82) is 0 Å². The molecule has 0 saturated heterocycles. The Hall–Kier alpha value is -8.40. The van der Waals surface area contributed by atoms with Crippen LogP contribution in [-0.2, 0) is 0 Å². The number of furan rings is 1. The van der Waals surface area contributed by atoms with Crippen LogP contribution in [0, 0.1) is 0 Å². The molecule has 0 N–H and O–H groups in total. The van der Waals surface area contributed by atoms with Crippen LogP contribution in [0.3, 0.4) is 0 Å². The Morgan fingerprint density at radius 3 is 1.60 bits per heavy atom. The van der Waals surface area contributed by atoms with Crippen molar-refractivity contribution >= 4 is 60.8 Å². The van der Waals surface area contributed by atoms with Crippen molar-refractivity contribution in [3.05, 3.63) is 243 Å². The molecule has 3 nitrogen and oxygen atoms in total. The molecule has 2 aromatic heterocycles. The minimum Gasteiger partial charge on any atom is -0.455 e. The highest BCUT2D eigenvalue weighted by atomic mass is 16.3. The first-order valence-electron chi connectivity index (χ1n) is 21.5. The third-order valence-electron chi connectivity index (χ3n) is 12.4. The molecule has 0 aliphatic rings. The number of para-hydroxylation sites is 6. The highest BCUT2D eigenvalue weighted by Crippen LogP contribution is 2.45. The fourth-order valence-electron chi connectivity index (χ4n) is 9.48. The Bertz CT molecular complexity index is 3560. The van der Waals surface area contributed by atoms with Gasteiger partial charge in [-0.2, -0.15) is 0 Å². The Labute approximate surface area is 366 Å². The third kappa shape index (κ3) is 6.29. The quantitative estimate of drug-likeness (QED) is 0.153. The second-order valence-corrected chi connectivity index (χ2v) is 16.1. The number of hydrogen-bond acceptors (Lipinski definition) is 2. The van der Waals surface area contributed by atoms with Crippen LogP contribution in [0.1, 0.15) is 0 Å². The van der Waals surface area contributed by atoms with Gasteiger partial charge in [-0.15, -0.1) is 0 Å². The van der Waals surface area contributed by atoms with E-state index in [1.807, 2.05) is 12.1 Å². The van der Waals surface area contributed by atoms with Crippen molar-refractivity contribution in [3.8, 4) is 50.2 Å². The van der Waals surface area contributed by atoms with E-state index in [0.717, 1.165) is 83.6 Å². The summed E-state index contributed by atoms with van der Waals surface area (Å²) in [5.41, 5.74) is 17.7. The SMILES string of the molecule is c1ccc(-c2cccc(N(c3ccc(-c4ccc(-c5cccc6c5oc5ccccc56)cc4)cc3)c3ccccc3-c3ccccc3-n3c4ccccc4c4ccccc43)c2)cc1. The maximum Gasteiger partial charge on any atom is 0.143 e. The van der Waals surface area contributed by atoms with E-state index in [1.165, 1.54) is 27.4 Å². The molecule has 0 unspecified atom stereocenters. The summed E-state index contributed by atoms with van der Waals surface area (Å²) in [4.78, 5) is 2.41. The van der Waals surface area contributed by atoms with Crippen LogP contribution in [-0.4, -0.2) is 4.57 Å². The predicted octanol–water partition coefficient (Wildman–Crippen LogP) is 16.8. The highest BCUT2D eigenvalue weighted by Gasteiger charge is 2.22. The maximum atomic E-state index is 6.38. The van der Waals surface area contributed by atoms with Crippen LogP contribution in [0.2, 0.25) is 0 Å². The molecule has 0 atom stereocenters. The Kier molecular flexibility index (Phi) is 8.83. The zero-order valence-corrected chi connectivity index (χ0v) is 34.4. The summed E-state index contributed by atoms with van der Waals surface area (Å²) in [6, 6.07) is 87.1. The summed E-state index contributed by atoms with van der Waals surface area (Å²) in [7, 11) is 0. The molecule has 0 bridgehead atoms. The first kappa shape index (κ1) is 36.5. The van der Waals surface area contributed by atoms with Crippen molar-refractivity contribution < 1.29 is 4.42 Å². The van der Waals surface area contributed by atoms with Gasteiger partial charge in [0.05, 0.1) is 22.4 Å². The van der Waals surface area contributed by atoms with Gasteiger partial charge in [0.1, 0.15) is 11.2 Å². The van der Waals surface area contributed by atoms with E-state index >= 15 is 0 Å². The topological polar surface area (TPSA) is 21.3 Å². The lowest BCUT2D eigenvalue weighted by molar-refractivity contribution is 0.670. The van der Waals surface area contributed by atoms with Crippen LogP contribution >= 0.6 is 0 Å². The summed E-state index contributed by atoms with van der Waals surface area (Å²) in [5.74, 6) is 0. The number of nitrogens with zero attached hydrogens (tertiary/aromatic N) is 2. The highest BCUT2D eigenvalue weighted by molar-refractivity contribution is 6.11. The fraction of sp³-hybridized carbons (Fsp3) is 0. The molecule has 63 heavy (non-hydrogen) atoms. The molecular formula is C60H40N2O. The molecule has 0 amide bonds. The molecular weight excluding hydrogens is 765 g/mol. The van der Waals surface area contributed by atoms with E-state index in [9.17, 15) is 0 Å². The van der Waals surface area contributed by atoms with Crippen LogP contribution in [0.5, 0.6) is 0 Å². The zero-order valence-electron chi connectivity index (χ0n) is 34.4. The normalized spacial score (nSPS) is 11.5. The minimum atomic E-state index is 0.910. The maximum absolute atomic E-state index is 6.38. The first-order valence-corrected chi connectivity index (χ1v) is 21.5. The van der Waals surface area contributed by atoms with Gasteiger partial charge >= 0.3 is 0 Å². The molecule has 10 aromatic carbocycles. The smallest absolute Gasteiger partial charge is 0.143 e. The Balaban J connectivity index is 0.973. The third-order valence-corrected chi connectivity index (χ3v) is 12.4. The van der Waals surface area contributed by atoms with Crippen LogP contribution < -0.4 is 4.90 Å². The van der Waals surface area contributed by atoms with Crippen molar-refractivity contribution in [2.24, 2.45) is 0 Å². The number of aromatic nitrogens is 1. The second-order valence-electron chi connectivity index (χ2n) is 16.1. The first-order chi connectivity index (χ1) is 31.3. The van der Waals surface area contributed by atoms with E-state index in [2.05, 4.69) is 240 Å². The largest absolute Gasteiger partial charge is 0.455 e. The standard InChI is InChI=1S/C60H40N2O/c1-2-16-41(17-3-1)45-18-14-19-47(40-45)61(46-38-36-43(37-39-46)42-32-34-44(35-33-42)48-25-15-26-54-53-24-8-13-31-59(53)63-60(48)54)55-27-9-4-20-49(55)50-21-5-10-28-56(50)62-57-29-11-6-22-51(57)52-23-7-12-30-58(52)62/h1-40H. The summed E-state index contributed by atoms with van der Waals surface area (Å²) in [6.07, 6.45) is 0. The fourth-order valence-corrected chi connectivity index (χ4v) is 9.48. The lowest BCUT2D eigenvalue weighted by Crippen LogP contribution is -2.11. The zero-order chi connectivity index (χ0) is 41.7. The van der Waals surface area contributed by atoms with Crippen molar-refractivity contribution in [2.45, 2.75) is 0 Å². The average Bonchev–Trinajstić information content (AvgIpc) is 3.91. The Morgan fingerprint density at radius 2 is 0.841 bits per heavy atom. The summed E-state index contributed by atoms with van der Waals surface area (Å²) in [6.45, 7) is 0. The van der Waals surface area contributed by atoms with Gasteiger partial charge in [-0.25, -0.2) is 0 Å². The Morgan fingerprint density at radius 1 is 0.317 bits per heavy atom. The van der Waals surface area contributed by atoms with E-state index in [-0.39, 0.29) is 0 Å². The molecule has 2 heterocycles. The monoisotopic (exact) mass is 804 g/mol. The number of anilines is 3. The second kappa shape index (κ2) is 15.3. The van der Waals surface area contributed by atoms with Gasteiger partial charge in [0.25, 0.3) is 0 Å². The van der Waals surface area contributed by atoms with Crippen LogP contribution in [0.4, 0.5) is 17.1 Å². The van der Waals surface area contributed by atoms with Crippen LogP contribution in [0.25, 0.3) is 93.9 Å². The minimum absolute atomic E-state index is 0.910. The number of benzene rings is 10. The molecule has 0 radical (unpaired) electrons. The molecule has 12 aromatic rings. The predicted molar refractivity (Wildman–Crippen MR) is 264 cm³/mol. The number of hydrogen-bond donors (Lipinski definition) is 0. The van der Waals surface area contributed by atoms with Gasteiger partial charge in [0.15, 0.2) is 0 Å². The average molecular weight is 805 g/mol.